The van der Waals surface area contributed by atoms with E-state index in [1.165, 1.54) is 0 Å². The molecule has 4 rings (SSSR count). The first-order valence-corrected chi connectivity index (χ1v) is 8.21. The van der Waals surface area contributed by atoms with Crippen molar-refractivity contribution in [3.05, 3.63) is 11.5 Å². The molecule has 25 heavy (non-hydrogen) atoms. The number of rotatable bonds is 4. The number of aliphatic hydroxyl groups excluding tert-OH is 1. The van der Waals surface area contributed by atoms with Gasteiger partial charge in [-0.3, -0.25) is 4.79 Å². The summed E-state index contributed by atoms with van der Waals surface area (Å²) < 4.78 is 12.0. The van der Waals surface area contributed by atoms with Crippen LogP contribution in [0, 0.1) is 5.53 Å². The van der Waals surface area contributed by atoms with Crippen molar-refractivity contribution in [3.8, 4) is 0 Å². The number of ether oxygens (including phenoxy) is 2. The Morgan fingerprint density at radius 2 is 2.40 bits per heavy atom. The van der Waals surface area contributed by atoms with Crippen molar-refractivity contribution >= 4 is 5.91 Å². The summed E-state index contributed by atoms with van der Waals surface area (Å²) in [5, 5.41) is 20.7. The lowest BCUT2D eigenvalue weighted by Crippen LogP contribution is -2.63. The largest absolute Gasteiger partial charge is 0.387 e. The van der Waals surface area contributed by atoms with Crippen molar-refractivity contribution in [2.75, 3.05) is 13.3 Å². The van der Waals surface area contributed by atoms with Crippen LogP contribution in [0.4, 0.5) is 0 Å². The van der Waals surface area contributed by atoms with Crippen LogP contribution in [-0.2, 0) is 14.3 Å². The van der Waals surface area contributed by atoms with Gasteiger partial charge in [-0.2, -0.15) is 5.53 Å². The standard InChI is InChI=1S/C13H22N8O4/c1-2-13-3-4-24-7(8(13)22)11(25-13)20-5-16-6-9(20)17-12(18-19-14)21(15)10(6)23/h7-8,11-12,16-17,22H,2-5,15H2,1H3,(H2,14,18)/t7-,8?,11+,12?,13-/m0/s1. The van der Waals surface area contributed by atoms with Crippen LogP contribution in [0.15, 0.2) is 16.7 Å². The molecule has 0 aliphatic carbocycles. The highest BCUT2D eigenvalue weighted by molar-refractivity contribution is 5.94. The number of aliphatic hydroxyl groups is 1. The zero-order valence-electron chi connectivity index (χ0n) is 13.7. The van der Waals surface area contributed by atoms with E-state index in [9.17, 15) is 9.90 Å². The van der Waals surface area contributed by atoms with Crippen molar-refractivity contribution in [1.29, 1.82) is 5.53 Å². The first-order valence-electron chi connectivity index (χ1n) is 8.21. The molecule has 0 saturated carbocycles. The summed E-state index contributed by atoms with van der Waals surface area (Å²) in [6, 6.07) is 0. The number of nitrogens with two attached hydrogens (primary N) is 1. The van der Waals surface area contributed by atoms with E-state index < -0.39 is 36.2 Å². The second kappa shape index (κ2) is 5.69. The highest BCUT2D eigenvalue weighted by Crippen LogP contribution is 2.44. The van der Waals surface area contributed by atoms with Gasteiger partial charge >= 0.3 is 0 Å². The number of nitrogens with one attached hydrogen (secondary N) is 4. The normalized spacial score (nSPS) is 39.9. The summed E-state index contributed by atoms with van der Waals surface area (Å²) in [6.07, 6.45) is -1.36. The second-order valence-corrected chi connectivity index (χ2v) is 6.49. The van der Waals surface area contributed by atoms with Gasteiger partial charge in [0.1, 0.15) is 29.3 Å². The van der Waals surface area contributed by atoms with Crippen LogP contribution >= 0.6 is 0 Å². The Kier molecular flexibility index (Phi) is 3.72. The minimum absolute atomic E-state index is 0.301. The first kappa shape index (κ1) is 16.3. The Labute approximate surface area is 143 Å². The SMILES string of the molecule is CC[C@]12CCO[C@@H](C1O)[C@H](N1CNC3=C1NC(NN=N)N(N)C3=O)O2. The fraction of sp³-hybridized carbons (Fsp3) is 0.769. The summed E-state index contributed by atoms with van der Waals surface area (Å²) in [7, 11) is 0. The number of fused-ring (bicyclic) bond motifs is 2. The van der Waals surface area contributed by atoms with E-state index in [2.05, 4.69) is 21.3 Å². The molecule has 0 aromatic carbocycles. The molecular weight excluding hydrogens is 332 g/mol. The fourth-order valence-electron chi connectivity index (χ4n) is 3.91. The molecule has 0 radical (unpaired) electrons. The van der Waals surface area contributed by atoms with Crippen LogP contribution < -0.4 is 21.9 Å². The van der Waals surface area contributed by atoms with E-state index in [1.54, 1.807) is 4.90 Å². The average Bonchev–Trinajstić information content (AvgIpc) is 3.06. The highest BCUT2D eigenvalue weighted by Gasteiger charge is 2.59. The number of hydrogen-bond acceptors (Lipinski definition) is 10. The number of nitrogens with zero attached hydrogens (tertiary/aromatic N) is 3. The summed E-state index contributed by atoms with van der Waals surface area (Å²) >= 11 is 0. The maximum Gasteiger partial charge on any atom is 0.291 e. The molecular formula is C13H22N8O4. The second-order valence-electron chi connectivity index (χ2n) is 6.49. The van der Waals surface area contributed by atoms with Crippen molar-refractivity contribution in [2.45, 2.75) is 50.1 Å². The third-order valence-corrected chi connectivity index (χ3v) is 5.36. The van der Waals surface area contributed by atoms with Crippen LogP contribution in [0.1, 0.15) is 19.8 Å². The molecule has 4 aliphatic heterocycles. The Hall–Kier alpha value is -2.15. The third kappa shape index (κ3) is 2.18. The van der Waals surface area contributed by atoms with E-state index in [-0.39, 0.29) is 0 Å². The maximum absolute atomic E-state index is 12.4. The molecule has 5 atom stereocenters. The lowest BCUT2D eigenvalue weighted by Gasteiger charge is -2.37. The molecule has 2 saturated heterocycles. The van der Waals surface area contributed by atoms with Crippen molar-refractivity contribution in [3.63, 3.8) is 0 Å². The van der Waals surface area contributed by atoms with Gasteiger partial charge in [0, 0.05) is 6.42 Å². The zero-order valence-corrected chi connectivity index (χ0v) is 13.7. The number of carbonyl (C=O) groups excluding carboxylic acids is 1. The van der Waals surface area contributed by atoms with Gasteiger partial charge in [0.15, 0.2) is 6.23 Å². The molecule has 138 valence electrons. The van der Waals surface area contributed by atoms with Crippen LogP contribution in [0.2, 0.25) is 0 Å². The van der Waals surface area contributed by atoms with Crippen LogP contribution in [0.3, 0.4) is 0 Å². The average molecular weight is 354 g/mol. The number of amides is 1. The van der Waals surface area contributed by atoms with Gasteiger partial charge in [0.2, 0.25) is 6.29 Å². The molecule has 4 aliphatic rings. The minimum Gasteiger partial charge on any atom is -0.387 e. The molecule has 7 N–H and O–H groups in total. The smallest absolute Gasteiger partial charge is 0.291 e. The lowest BCUT2D eigenvalue weighted by atomic mass is 9.87. The van der Waals surface area contributed by atoms with E-state index in [0.717, 1.165) is 5.01 Å². The predicted octanol–water partition coefficient (Wildman–Crippen LogP) is -2.20. The molecule has 2 unspecified atom stereocenters. The zero-order chi connectivity index (χ0) is 17.8. The minimum atomic E-state index is -0.863. The summed E-state index contributed by atoms with van der Waals surface area (Å²) in [5.74, 6) is 5.78. The van der Waals surface area contributed by atoms with E-state index in [4.69, 9.17) is 20.8 Å². The predicted molar refractivity (Wildman–Crippen MR) is 81.4 cm³/mol. The van der Waals surface area contributed by atoms with Crippen molar-refractivity contribution in [2.24, 2.45) is 11.1 Å². The molecule has 0 spiro atoms. The van der Waals surface area contributed by atoms with Crippen molar-refractivity contribution in [1.82, 2.24) is 26.0 Å². The summed E-state index contributed by atoms with van der Waals surface area (Å²) in [6.45, 7) is 2.80. The van der Waals surface area contributed by atoms with E-state index in [1.807, 2.05) is 6.92 Å². The molecule has 4 heterocycles. The first-order chi connectivity index (χ1) is 12.0. The van der Waals surface area contributed by atoms with E-state index >= 15 is 0 Å². The number of hydrazine groups is 1. The Bertz CT molecular complexity index is 629. The molecule has 12 heteroatoms. The van der Waals surface area contributed by atoms with Gasteiger partial charge in [-0.25, -0.2) is 16.3 Å². The molecule has 0 aromatic heterocycles. The quantitative estimate of drug-likeness (QED) is 0.142. The molecule has 12 nitrogen and oxygen atoms in total. The molecule has 0 aromatic rings. The molecule has 1 amide bonds. The molecule has 2 bridgehead atoms. The fourth-order valence-corrected chi connectivity index (χ4v) is 3.91. The van der Waals surface area contributed by atoms with Crippen LogP contribution in [0.5, 0.6) is 0 Å². The van der Waals surface area contributed by atoms with Gasteiger partial charge < -0.3 is 30.1 Å². The monoisotopic (exact) mass is 354 g/mol. The summed E-state index contributed by atoms with van der Waals surface area (Å²) in [4.78, 5) is 14.2. The topological polar surface area (TPSA) is 161 Å². The van der Waals surface area contributed by atoms with Crippen LogP contribution in [0.25, 0.3) is 0 Å². The van der Waals surface area contributed by atoms with Gasteiger partial charge in [0.05, 0.1) is 13.3 Å². The Morgan fingerprint density at radius 3 is 3.08 bits per heavy atom. The Morgan fingerprint density at radius 1 is 1.60 bits per heavy atom. The number of carbonyl (C=O) groups is 1. The van der Waals surface area contributed by atoms with Crippen molar-refractivity contribution < 1.29 is 19.4 Å². The lowest BCUT2D eigenvalue weighted by molar-refractivity contribution is -0.134. The maximum atomic E-state index is 12.4. The van der Waals surface area contributed by atoms with Gasteiger partial charge in [-0.1, -0.05) is 12.1 Å². The third-order valence-electron chi connectivity index (χ3n) is 5.36. The van der Waals surface area contributed by atoms with Crippen LogP contribution in [-0.4, -0.2) is 64.5 Å². The van der Waals surface area contributed by atoms with Gasteiger partial charge in [-0.15, -0.1) is 0 Å². The number of hydrogen-bond donors (Lipinski definition) is 6. The van der Waals surface area contributed by atoms with E-state index in [0.29, 0.717) is 37.6 Å². The van der Waals surface area contributed by atoms with Gasteiger partial charge in [-0.05, 0) is 6.42 Å². The molecule has 2 fully saturated rings. The Balaban J connectivity index is 1.63. The van der Waals surface area contributed by atoms with Gasteiger partial charge in [0.25, 0.3) is 5.91 Å². The summed E-state index contributed by atoms with van der Waals surface area (Å²) in [5.41, 5.74) is 9.01. The highest BCUT2D eigenvalue weighted by atomic mass is 16.6.